The van der Waals surface area contributed by atoms with Crippen molar-refractivity contribution in [2.45, 2.75) is 49.9 Å². The van der Waals surface area contributed by atoms with E-state index in [2.05, 4.69) is 17.0 Å². The van der Waals surface area contributed by atoms with Crippen molar-refractivity contribution in [3.8, 4) is 0 Å². The quantitative estimate of drug-likeness (QED) is 0.854. The molecule has 0 unspecified atom stereocenters. The third kappa shape index (κ3) is 1.96. The third-order valence-electron chi connectivity index (χ3n) is 4.56. The van der Waals surface area contributed by atoms with Gasteiger partial charge in [0.2, 0.25) is 0 Å². The fourth-order valence-corrected chi connectivity index (χ4v) is 3.70. The summed E-state index contributed by atoms with van der Waals surface area (Å²) in [7, 11) is 0. The molecule has 18 heavy (non-hydrogen) atoms. The number of fused-ring (bicyclic) bond motifs is 2. The molecule has 2 fully saturated rings. The van der Waals surface area contributed by atoms with Crippen molar-refractivity contribution in [2.75, 3.05) is 6.61 Å². The Hall–Kier alpha value is -0.900. The molecule has 2 heterocycles. The lowest BCUT2D eigenvalue weighted by atomic mass is 9.95. The van der Waals surface area contributed by atoms with Crippen LogP contribution in [0, 0.1) is 0 Å². The molecule has 3 nitrogen and oxygen atoms in total. The number of aliphatic hydroxyl groups excluding tert-OH is 2. The van der Waals surface area contributed by atoms with Crippen LogP contribution in [-0.4, -0.2) is 39.9 Å². The Morgan fingerprint density at radius 1 is 1.11 bits per heavy atom. The molecule has 2 N–H and O–H groups in total. The molecule has 0 radical (unpaired) electrons. The predicted molar refractivity (Wildman–Crippen MR) is 70.2 cm³/mol. The Bertz CT molecular complexity index is 395. The van der Waals surface area contributed by atoms with E-state index >= 15 is 0 Å². The predicted octanol–water partition coefficient (Wildman–Crippen LogP) is 1.71. The summed E-state index contributed by atoms with van der Waals surface area (Å²) < 4.78 is 0. The first-order chi connectivity index (χ1) is 8.81. The van der Waals surface area contributed by atoms with Gasteiger partial charge < -0.3 is 10.2 Å². The SMILES string of the molecule is OC[C@H](c1ccccc1)N1[C@H]2CC[C@H](O)[C@@H]1CC2. The number of rotatable bonds is 3. The van der Waals surface area contributed by atoms with Crippen molar-refractivity contribution in [3.63, 3.8) is 0 Å². The fourth-order valence-electron chi connectivity index (χ4n) is 3.70. The molecule has 2 saturated heterocycles. The maximum absolute atomic E-state index is 10.1. The molecular formula is C15H21NO2. The summed E-state index contributed by atoms with van der Waals surface area (Å²) in [5.74, 6) is 0. The summed E-state index contributed by atoms with van der Waals surface area (Å²) >= 11 is 0. The van der Waals surface area contributed by atoms with Gasteiger partial charge in [-0.25, -0.2) is 0 Å². The van der Waals surface area contributed by atoms with Crippen molar-refractivity contribution in [1.82, 2.24) is 4.90 Å². The lowest BCUT2D eigenvalue weighted by molar-refractivity contribution is -0.0250. The highest BCUT2D eigenvalue weighted by molar-refractivity contribution is 5.20. The van der Waals surface area contributed by atoms with Gasteiger partial charge in [-0.1, -0.05) is 30.3 Å². The Labute approximate surface area is 108 Å². The average molecular weight is 247 g/mol. The van der Waals surface area contributed by atoms with Crippen molar-refractivity contribution in [2.24, 2.45) is 0 Å². The number of hydrogen-bond donors (Lipinski definition) is 2. The van der Waals surface area contributed by atoms with Gasteiger partial charge >= 0.3 is 0 Å². The minimum Gasteiger partial charge on any atom is -0.394 e. The van der Waals surface area contributed by atoms with E-state index in [9.17, 15) is 10.2 Å². The Morgan fingerprint density at radius 2 is 1.83 bits per heavy atom. The lowest BCUT2D eigenvalue weighted by Crippen LogP contribution is -2.49. The van der Waals surface area contributed by atoms with Crippen LogP contribution < -0.4 is 0 Å². The van der Waals surface area contributed by atoms with Gasteiger partial charge in [-0.05, 0) is 31.2 Å². The number of nitrogens with zero attached hydrogens (tertiary/aromatic N) is 1. The number of aliphatic hydroxyl groups is 2. The van der Waals surface area contributed by atoms with E-state index in [1.165, 1.54) is 0 Å². The van der Waals surface area contributed by atoms with Gasteiger partial charge in [0.1, 0.15) is 0 Å². The minimum absolute atomic E-state index is 0.0404. The molecule has 3 heteroatoms. The fraction of sp³-hybridized carbons (Fsp3) is 0.600. The van der Waals surface area contributed by atoms with Gasteiger partial charge in [-0.15, -0.1) is 0 Å². The van der Waals surface area contributed by atoms with Crippen molar-refractivity contribution < 1.29 is 10.2 Å². The van der Waals surface area contributed by atoms with E-state index in [0.717, 1.165) is 31.2 Å². The van der Waals surface area contributed by atoms with Crippen LogP contribution >= 0.6 is 0 Å². The van der Waals surface area contributed by atoms with Crippen LogP contribution in [0.4, 0.5) is 0 Å². The first kappa shape index (κ1) is 12.2. The zero-order valence-electron chi connectivity index (χ0n) is 10.6. The highest BCUT2D eigenvalue weighted by atomic mass is 16.3. The summed E-state index contributed by atoms with van der Waals surface area (Å²) in [6.45, 7) is 0.129. The van der Waals surface area contributed by atoms with Gasteiger partial charge in [-0.2, -0.15) is 0 Å². The zero-order chi connectivity index (χ0) is 12.5. The molecule has 0 spiro atoms. The molecule has 2 bridgehead atoms. The molecule has 1 aromatic carbocycles. The van der Waals surface area contributed by atoms with E-state index in [0.29, 0.717) is 6.04 Å². The van der Waals surface area contributed by atoms with Crippen LogP contribution in [0.15, 0.2) is 30.3 Å². The van der Waals surface area contributed by atoms with Crippen LogP contribution in [0.1, 0.15) is 37.3 Å². The molecule has 98 valence electrons. The first-order valence-corrected chi connectivity index (χ1v) is 6.92. The van der Waals surface area contributed by atoms with Crippen molar-refractivity contribution in [3.05, 3.63) is 35.9 Å². The van der Waals surface area contributed by atoms with Crippen LogP contribution in [0.5, 0.6) is 0 Å². The average Bonchev–Trinajstić information content (AvgIpc) is 2.72. The summed E-state index contributed by atoms with van der Waals surface area (Å²) in [5, 5.41) is 19.9. The van der Waals surface area contributed by atoms with Crippen molar-refractivity contribution >= 4 is 0 Å². The number of benzene rings is 1. The maximum Gasteiger partial charge on any atom is 0.0696 e. The smallest absolute Gasteiger partial charge is 0.0696 e. The van der Waals surface area contributed by atoms with E-state index < -0.39 is 0 Å². The monoisotopic (exact) mass is 247 g/mol. The largest absolute Gasteiger partial charge is 0.394 e. The lowest BCUT2D eigenvalue weighted by Gasteiger charge is -2.42. The molecule has 0 aromatic heterocycles. The van der Waals surface area contributed by atoms with E-state index in [1.807, 2.05) is 18.2 Å². The third-order valence-corrected chi connectivity index (χ3v) is 4.56. The van der Waals surface area contributed by atoms with Crippen LogP contribution in [0.25, 0.3) is 0 Å². The second-order valence-corrected chi connectivity index (χ2v) is 5.50. The van der Waals surface area contributed by atoms with Gasteiger partial charge in [0, 0.05) is 12.1 Å². The molecule has 0 saturated carbocycles. The number of piperidine rings is 1. The molecule has 0 amide bonds. The highest BCUT2D eigenvalue weighted by Gasteiger charge is 2.44. The van der Waals surface area contributed by atoms with E-state index in [1.54, 1.807) is 0 Å². The standard InChI is InChI=1S/C15H21NO2/c17-10-14(11-4-2-1-3-5-11)16-12-6-8-13(16)15(18)9-7-12/h1-5,12-15,17-18H,6-10H2/t12-,13+,14-,15+/m1/s1. The Kier molecular flexibility index (Phi) is 3.37. The zero-order valence-corrected chi connectivity index (χ0v) is 10.6. The van der Waals surface area contributed by atoms with Crippen molar-refractivity contribution in [1.29, 1.82) is 0 Å². The molecular weight excluding hydrogens is 226 g/mol. The summed E-state index contributed by atoms with van der Waals surface area (Å²) in [5.41, 5.74) is 1.16. The Balaban J connectivity index is 1.88. The summed E-state index contributed by atoms with van der Waals surface area (Å²) in [6.07, 6.45) is 3.97. The van der Waals surface area contributed by atoms with Gasteiger partial charge in [0.05, 0.1) is 18.8 Å². The van der Waals surface area contributed by atoms with Crippen LogP contribution in [-0.2, 0) is 0 Å². The molecule has 1 aromatic rings. The second kappa shape index (κ2) is 5.00. The van der Waals surface area contributed by atoms with Gasteiger partial charge in [-0.3, -0.25) is 4.90 Å². The molecule has 0 aliphatic carbocycles. The summed E-state index contributed by atoms with van der Waals surface area (Å²) in [6, 6.07) is 11.0. The van der Waals surface area contributed by atoms with Gasteiger partial charge in [0.25, 0.3) is 0 Å². The van der Waals surface area contributed by atoms with Gasteiger partial charge in [0.15, 0.2) is 0 Å². The molecule has 2 aliphatic heterocycles. The van der Waals surface area contributed by atoms with Crippen LogP contribution in [0.3, 0.4) is 0 Å². The Morgan fingerprint density at radius 3 is 2.56 bits per heavy atom. The normalized spacial score (nSPS) is 33.6. The summed E-state index contributed by atoms with van der Waals surface area (Å²) in [4.78, 5) is 2.36. The molecule has 3 rings (SSSR count). The molecule has 2 aliphatic rings. The van der Waals surface area contributed by atoms with E-state index in [-0.39, 0.29) is 24.8 Å². The van der Waals surface area contributed by atoms with Crippen LogP contribution in [0.2, 0.25) is 0 Å². The highest BCUT2D eigenvalue weighted by Crippen LogP contribution is 2.41. The minimum atomic E-state index is -0.221. The maximum atomic E-state index is 10.1. The first-order valence-electron chi connectivity index (χ1n) is 6.92. The van der Waals surface area contributed by atoms with E-state index in [4.69, 9.17) is 0 Å². The second-order valence-electron chi connectivity index (χ2n) is 5.50. The number of hydrogen-bond acceptors (Lipinski definition) is 3. The topological polar surface area (TPSA) is 43.7 Å². The molecule has 4 atom stereocenters.